The average Bonchev–Trinajstić information content (AvgIpc) is 3.02. The molecule has 0 spiro atoms. The Bertz CT molecular complexity index is 1670. The highest BCUT2D eigenvalue weighted by molar-refractivity contribution is 6.30. The van der Waals surface area contributed by atoms with Crippen LogP contribution in [-0.2, 0) is 11.3 Å². The predicted octanol–water partition coefficient (Wildman–Crippen LogP) is 8.06. The second-order valence-corrected chi connectivity index (χ2v) is 10.6. The number of piperazine rings is 1. The van der Waals surface area contributed by atoms with E-state index >= 15 is 0 Å². The molecule has 206 valence electrons. The lowest BCUT2D eigenvalue weighted by molar-refractivity contribution is 0.0598. The summed E-state index contributed by atoms with van der Waals surface area (Å²) >= 11 is 6.12. The Balaban J connectivity index is 1.19. The van der Waals surface area contributed by atoms with Gasteiger partial charge in [0.15, 0.2) is 0 Å². The fraction of sp³-hybridized carbons (Fsp3) is 0.171. The number of carbonyl (C=O) groups excluding carboxylic acids is 1. The summed E-state index contributed by atoms with van der Waals surface area (Å²) in [7, 11) is 1.39. The van der Waals surface area contributed by atoms with Gasteiger partial charge in [0.25, 0.3) is 0 Å². The molecule has 1 fully saturated rings. The van der Waals surface area contributed by atoms with Gasteiger partial charge in [-0.3, -0.25) is 4.90 Å². The third-order valence-electron chi connectivity index (χ3n) is 7.64. The van der Waals surface area contributed by atoms with Gasteiger partial charge < -0.3 is 14.4 Å². The van der Waals surface area contributed by atoms with Gasteiger partial charge in [0.1, 0.15) is 17.1 Å². The van der Waals surface area contributed by atoms with E-state index < -0.39 is 5.97 Å². The molecule has 0 unspecified atom stereocenters. The monoisotopic (exact) mass is 562 g/mol. The number of esters is 1. The Morgan fingerprint density at radius 1 is 0.780 bits per heavy atom. The maximum absolute atomic E-state index is 12.6. The Hall–Kier alpha value is -4.32. The van der Waals surface area contributed by atoms with Crippen LogP contribution in [0.4, 0.5) is 5.69 Å². The van der Waals surface area contributed by atoms with Crippen LogP contribution in [0.2, 0.25) is 5.02 Å². The van der Waals surface area contributed by atoms with E-state index in [0.29, 0.717) is 17.1 Å². The molecule has 1 heterocycles. The fourth-order valence-corrected chi connectivity index (χ4v) is 5.57. The van der Waals surface area contributed by atoms with Crippen molar-refractivity contribution in [2.24, 2.45) is 0 Å². The molecular formula is C35H31ClN2O3. The summed E-state index contributed by atoms with van der Waals surface area (Å²) in [5.41, 5.74) is 5.14. The van der Waals surface area contributed by atoms with Gasteiger partial charge in [0.2, 0.25) is 0 Å². The second kappa shape index (κ2) is 12.0. The third kappa shape index (κ3) is 5.92. The van der Waals surface area contributed by atoms with Crippen LogP contribution >= 0.6 is 11.6 Å². The first-order valence-corrected chi connectivity index (χ1v) is 14.2. The van der Waals surface area contributed by atoms with Gasteiger partial charge in [-0.1, -0.05) is 84.4 Å². The van der Waals surface area contributed by atoms with Gasteiger partial charge in [-0.15, -0.1) is 0 Å². The van der Waals surface area contributed by atoms with Crippen molar-refractivity contribution in [3.8, 4) is 22.6 Å². The average molecular weight is 563 g/mol. The van der Waals surface area contributed by atoms with Crippen LogP contribution in [-0.4, -0.2) is 44.2 Å². The molecule has 5 aromatic carbocycles. The summed E-state index contributed by atoms with van der Waals surface area (Å²) in [6, 6.07) is 36.3. The lowest BCUT2D eigenvalue weighted by Gasteiger charge is -2.36. The molecular weight excluding hydrogens is 532 g/mol. The highest BCUT2D eigenvalue weighted by Gasteiger charge is 2.22. The number of nitrogens with zero attached hydrogens (tertiary/aromatic N) is 2. The van der Waals surface area contributed by atoms with Crippen LogP contribution in [0.5, 0.6) is 11.5 Å². The molecule has 0 aliphatic carbocycles. The van der Waals surface area contributed by atoms with Gasteiger partial charge in [-0.05, 0) is 52.4 Å². The van der Waals surface area contributed by atoms with E-state index in [9.17, 15) is 4.79 Å². The van der Waals surface area contributed by atoms with Crippen LogP contribution in [0.1, 0.15) is 15.9 Å². The Morgan fingerprint density at radius 2 is 1.51 bits per heavy atom. The number of anilines is 1. The zero-order chi connectivity index (χ0) is 28.2. The maximum Gasteiger partial charge on any atom is 0.341 e. The first-order chi connectivity index (χ1) is 20.1. The summed E-state index contributed by atoms with van der Waals surface area (Å²) in [4.78, 5) is 17.4. The van der Waals surface area contributed by atoms with Crippen molar-refractivity contribution < 1.29 is 14.3 Å². The summed E-state index contributed by atoms with van der Waals surface area (Å²) in [5, 5.41) is 2.81. The SMILES string of the molecule is COC(=O)c1ccc(N2CCN(Cc3ccccc3-c3ccc(Cl)cc3)CC2)cc1Oc1cccc2ccccc12. The lowest BCUT2D eigenvalue weighted by Crippen LogP contribution is -2.46. The molecule has 0 amide bonds. The lowest BCUT2D eigenvalue weighted by atomic mass is 9.99. The van der Waals surface area contributed by atoms with Crippen molar-refractivity contribution in [1.82, 2.24) is 4.90 Å². The molecule has 0 radical (unpaired) electrons. The van der Waals surface area contributed by atoms with E-state index in [1.165, 1.54) is 23.8 Å². The Kier molecular flexibility index (Phi) is 7.90. The van der Waals surface area contributed by atoms with E-state index in [2.05, 4.69) is 46.2 Å². The molecule has 5 nitrogen and oxygen atoms in total. The highest BCUT2D eigenvalue weighted by atomic mass is 35.5. The van der Waals surface area contributed by atoms with Gasteiger partial charge in [-0.2, -0.15) is 0 Å². The topological polar surface area (TPSA) is 42.0 Å². The molecule has 6 rings (SSSR count). The van der Waals surface area contributed by atoms with Crippen molar-refractivity contribution in [3.63, 3.8) is 0 Å². The standard InChI is InChI=1S/C35H31ClN2O3/c1-40-35(39)32-18-17-29(23-34(32)41-33-12-6-9-25-7-2-5-11-31(25)33)38-21-19-37(20-22-38)24-27-8-3-4-10-30(27)26-13-15-28(36)16-14-26/h2-18,23H,19-22,24H2,1H3. The zero-order valence-corrected chi connectivity index (χ0v) is 23.7. The van der Waals surface area contributed by atoms with E-state index in [-0.39, 0.29) is 0 Å². The van der Waals surface area contributed by atoms with Crippen LogP contribution in [0.3, 0.4) is 0 Å². The van der Waals surface area contributed by atoms with Gasteiger partial charge in [-0.25, -0.2) is 4.79 Å². The number of fused-ring (bicyclic) bond motifs is 1. The Labute approximate surface area is 245 Å². The smallest absolute Gasteiger partial charge is 0.341 e. The fourth-order valence-electron chi connectivity index (χ4n) is 5.45. The number of halogens is 1. The summed E-state index contributed by atoms with van der Waals surface area (Å²) in [6.45, 7) is 4.46. The molecule has 0 atom stereocenters. The number of methoxy groups -OCH3 is 1. The van der Waals surface area contributed by atoms with Crippen LogP contribution in [0.25, 0.3) is 21.9 Å². The normalized spacial score (nSPS) is 13.8. The highest BCUT2D eigenvalue weighted by Crippen LogP contribution is 2.35. The number of benzene rings is 5. The molecule has 1 aliphatic rings. The minimum Gasteiger partial charge on any atom is -0.465 e. The molecule has 0 aromatic heterocycles. The molecule has 5 aromatic rings. The summed E-state index contributed by atoms with van der Waals surface area (Å²) in [6.07, 6.45) is 0. The van der Waals surface area contributed by atoms with Gasteiger partial charge in [0, 0.05) is 54.9 Å². The second-order valence-electron chi connectivity index (χ2n) is 10.2. The van der Waals surface area contributed by atoms with Crippen LogP contribution in [0, 0.1) is 0 Å². The van der Waals surface area contributed by atoms with Gasteiger partial charge in [0.05, 0.1) is 7.11 Å². The van der Waals surface area contributed by atoms with Crippen molar-refractivity contribution >= 4 is 34.0 Å². The van der Waals surface area contributed by atoms with Crippen molar-refractivity contribution in [3.05, 3.63) is 125 Å². The van der Waals surface area contributed by atoms with E-state index in [4.69, 9.17) is 21.1 Å². The predicted molar refractivity (Wildman–Crippen MR) is 166 cm³/mol. The molecule has 6 heteroatoms. The number of ether oxygens (including phenoxy) is 2. The minimum absolute atomic E-state index is 0.404. The largest absolute Gasteiger partial charge is 0.465 e. The number of rotatable bonds is 7. The molecule has 0 saturated carbocycles. The maximum atomic E-state index is 12.6. The molecule has 41 heavy (non-hydrogen) atoms. The quantitative estimate of drug-likeness (QED) is 0.188. The molecule has 1 aliphatic heterocycles. The third-order valence-corrected chi connectivity index (χ3v) is 7.90. The van der Waals surface area contributed by atoms with Crippen molar-refractivity contribution in [2.45, 2.75) is 6.54 Å². The van der Waals surface area contributed by atoms with Crippen molar-refractivity contribution in [1.29, 1.82) is 0 Å². The minimum atomic E-state index is -0.420. The molecule has 1 saturated heterocycles. The number of carbonyl (C=O) groups is 1. The van der Waals surface area contributed by atoms with Gasteiger partial charge >= 0.3 is 5.97 Å². The van der Waals surface area contributed by atoms with E-state index in [1.54, 1.807) is 6.07 Å². The molecule has 0 N–H and O–H groups in total. The first-order valence-electron chi connectivity index (χ1n) is 13.8. The van der Waals surface area contributed by atoms with Crippen molar-refractivity contribution in [2.75, 3.05) is 38.2 Å². The van der Waals surface area contributed by atoms with E-state index in [0.717, 1.165) is 54.2 Å². The number of hydrogen-bond acceptors (Lipinski definition) is 5. The zero-order valence-electron chi connectivity index (χ0n) is 22.9. The summed E-state index contributed by atoms with van der Waals surface area (Å²) in [5.74, 6) is 0.774. The van der Waals surface area contributed by atoms with E-state index in [1.807, 2.05) is 66.7 Å². The first kappa shape index (κ1) is 26.9. The van der Waals surface area contributed by atoms with Crippen LogP contribution < -0.4 is 9.64 Å². The Morgan fingerprint density at radius 3 is 2.32 bits per heavy atom. The number of hydrogen-bond donors (Lipinski definition) is 0. The molecule has 0 bridgehead atoms. The van der Waals surface area contributed by atoms with Crippen LogP contribution in [0.15, 0.2) is 109 Å². The summed E-state index contributed by atoms with van der Waals surface area (Å²) < 4.78 is 11.5.